The van der Waals surface area contributed by atoms with Crippen molar-refractivity contribution in [2.75, 3.05) is 13.2 Å². The molecule has 0 atom stereocenters. The molecule has 1 heterocycles. The minimum atomic E-state index is -0.216. The topological polar surface area (TPSA) is 71.2 Å². The van der Waals surface area contributed by atoms with Gasteiger partial charge in [0, 0.05) is 17.6 Å². The predicted octanol–water partition coefficient (Wildman–Crippen LogP) is 4.04. The van der Waals surface area contributed by atoms with Crippen LogP contribution >= 0.6 is 0 Å². The van der Waals surface area contributed by atoms with Gasteiger partial charge in [-0.3, -0.25) is 9.59 Å². The Morgan fingerprint density at radius 1 is 0.933 bits per heavy atom. The summed E-state index contributed by atoms with van der Waals surface area (Å²) >= 11 is 0. The number of fused-ring (bicyclic) bond motifs is 2. The molecule has 2 N–H and O–H groups in total. The molecular weight excluding hydrogens is 376 g/mol. The lowest BCUT2D eigenvalue weighted by Crippen LogP contribution is -2.31. The minimum absolute atomic E-state index is 0.0646. The standard InChI is InChI=1S/C25H24N2O3/c1-16-11-21-13-20(25(29)27-23(21)12-17(16)2)9-10-26-24(28)15-30-22-8-7-18-5-3-4-6-19(18)14-22/h3-8,11-14H,9-10,15H2,1-2H3,(H,26,28)(H,27,29). The molecule has 0 radical (unpaired) electrons. The number of pyridine rings is 1. The highest BCUT2D eigenvalue weighted by Crippen LogP contribution is 2.20. The fourth-order valence-electron chi connectivity index (χ4n) is 3.50. The van der Waals surface area contributed by atoms with E-state index in [-0.39, 0.29) is 18.1 Å². The smallest absolute Gasteiger partial charge is 0.257 e. The number of nitrogens with one attached hydrogen (secondary N) is 2. The van der Waals surface area contributed by atoms with Crippen molar-refractivity contribution in [2.24, 2.45) is 0 Å². The van der Waals surface area contributed by atoms with E-state index in [2.05, 4.69) is 23.3 Å². The van der Waals surface area contributed by atoms with Crippen molar-refractivity contribution in [2.45, 2.75) is 20.3 Å². The first-order valence-corrected chi connectivity index (χ1v) is 10.0. The molecular formula is C25H24N2O3. The summed E-state index contributed by atoms with van der Waals surface area (Å²) in [4.78, 5) is 27.4. The second-order valence-corrected chi connectivity index (χ2v) is 7.55. The molecule has 4 rings (SSSR count). The number of H-pyrrole nitrogens is 1. The van der Waals surface area contributed by atoms with Crippen molar-refractivity contribution in [1.82, 2.24) is 10.3 Å². The Hall–Kier alpha value is -3.60. The number of aryl methyl sites for hydroxylation is 2. The van der Waals surface area contributed by atoms with Gasteiger partial charge in [0.15, 0.2) is 6.61 Å². The third-order valence-electron chi connectivity index (χ3n) is 5.34. The molecule has 1 amide bonds. The zero-order valence-corrected chi connectivity index (χ0v) is 17.1. The van der Waals surface area contributed by atoms with E-state index in [0.29, 0.717) is 24.3 Å². The molecule has 152 valence electrons. The van der Waals surface area contributed by atoms with Gasteiger partial charge in [-0.25, -0.2) is 0 Å². The normalized spacial score (nSPS) is 11.0. The van der Waals surface area contributed by atoms with Gasteiger partial charge in [-0.2, -0.15) is 0 Å². The van der Waals surface area contributed by atoms with E-state index in [4.69, 9.17) is 4.74 Å². The van der Waals surface area contributed by atoms with Crippen LogP contribution in [0, 0.1) is 13.8 Å². The molecule has 0 aliphatic rings. The molecule has 0 unspecified atom stereocenters. The number of carbonyl (C=O) groups excluding carboxylic acids is 1. The Kier molecular flexibility index (Phi) is 5.53. The highest BCUT2D eigenvalue weighted by atomic mass is 16.5. The average molecular weight is 400 g/mol. The van der Waals surface area contributed by atoms with Crippen molar-refractivity contribution in [3.05, 3.63) is 87.7 Å². The number of aromatic amines is 1. The fraction of sp³-hybridized carbons (Fsp3) is 0.200. The van der Waals surface area contributed by atoms with Crippen molar-refractivity contribution in [3.8, 4) is 5.75 Å². The molecule has 0 aliphatic heterocycles. The van der Waals surface area contributed by atoms with Gasteiger partial charge in [-0.05, 0) is 77.9 Å². The Balaban J connectivity index is 1.33. The molecule has 0 saturated carbocycles. The van der Waals surface area contributed by atoms with Crippen LogP contribution in [0.15, 0.2) is 65.5 Å². The molecule has 0 spiro atoms. The van der Waals surface area contributed by atoms with Crippen LogP contribution in [0.3, 0.4) is 0 Å². The highest BCUT2D eigenvalue weighted by molar-refractivity contribution is 5.84. The van der Waals surface area contributed by atoms with E-state index in [0.717, 1.165) is 27.2 Å². The summed E-state index contributed by atoms with van der Waals surface area (Å²) < 4.78 is 5.60. The zero-order valence-electron chi connectivity index (χ0n) is 17.1. The maximum Gasteiger partial charge on any atom is 0.257 e. The number of benzene rings is 3. The van der Waals surface area contributed by atoms with Crippen LogP contribution in [-0.2, 0) is 11.2 Å². The highest BCUT2D eigenvalue weighted by Gasteiger charge is 2.07. The number of aromatic nitrogens is 1. The van der Waals surface area contributed by atoms with Crippen LogP contribution in [0.2, 0.25) is 0 Å². The molecule has 0 saturated heterocycles. The van der Waals surface area contributed by atoms with Gasteiger partial charge in [0.1, 0.15) is 5.75 Å². The molecule has 5 heteroatoms. The number of hydrogen-bond donors (Lipinski definition) is 2. The molecule has 0 fully saturated rings. The molecule has 5 nitrogen and oxygen atoms in total. The van der Waals surface area contributed by atoms with Gasteiger partial charge in [0.25, 0.3) is 11.5 Å². The first-order valence-electron chi connectivity index (χ1n) is 10.0. The third kappa shape index (κ3) is 4.35. The van der Waals surface area contributed by atoms with Crippen molar-refractivity contribution in [3.63, 3.8) is 0 Å². The summed E-state index contributed by atoms with van der Waals surface area (Å²) in [5, 5.41) is 6.01. The maximum atomic E-state index is 12.3. The number of amides is 1. The van der Waals surface area contributed by atoms with Crippen LogP contribution in [0.1, 0.15) is 16.7 Å². The first kappa shape index (κ1) is 19.7. The molecule has 4 aromatic rings. The average Bonchev–Trinajstić information content (AvgIpc) is 2.74. The van der Waals surface area contributed by atoms with Crippen molar-refractivity contribution < 1.29 is 9.53 Å². The van der Waals surface area contributed by atoms with E-state index in [1.54, 1.807) is 0 Å². The maximum absolute atomic E-state index is 12.3. The van der Waals surface area contributed by atoms with Crippen LogP contribution in [0.4, 0.5) is 0 Å². The third-order valence-corrected chi connectivity index (χ3v) is 5.34. The quantitative estimate of drug-likeness (QED) is 0.513. The Bertz CT molecular complexity index is 1290. The van der Waals surface area contributed by atoms with Gasteiger partial charge in [0.05, 0.1) is 0 Å². The largest absolute Gasteiger partial charge is 0.484 e. The number of ether oxygens (including phenoxy) is 1. The Morgan fingerprint density at radius 3 is 2.53 bits per heavy atom. The summed E-state index contributed by atoms with van der Waals surface area (Å²) in [5.41, 5.74) is 3.69. The van der Waals surface area contributed by atoms with Crippen molar-refractivity contribution in [1.29, 1.82) is 0 Å². The number of carbonyl (C=O) groups is 1. The lowest BCUT2D eigenvalue weighted by molar-refractivity contribution is -0.123. The van der Waals surface area contributed by atoms with E-state index < -0.39 is 0 Å². The van der Waals surface area contributed by atoms with Gasteiger partial charge in [-0.15, -0.1) is 0 Å². The monoisotopic (exact) mass is 400 g/mol. The first-order chi connectivity index (χ1) is 14.5. The van der Waals surface area contributed by atoms with E-state index in [1.165, 1.54) is 5.56 Å². The van der Waals surface area contributed by atoms with E-state index in [1.807, 2.05) is 61.5 Å². The summed E-state index contributed by atoms with van der Waals surface area (Å²) in [6.07, 6.45) is 0.458. The zero-order chi connectivity index (χ0) is 21.1. The van der Waals surface area contributed by atoms with Gasteiger partial charge >= 0.3 is 0 Å². The SMILES string of the molecule is Cc1cc2cc(CCNC(=O)COc3ccc4ccccc4c3)c(=O)[nH]c2cc1C. The second-order valence-electron chi connectivity index (χ2n) is 7.55. The van der Waals surface area contributed by atoms with Crippen LogP contribution in [0.5, 0.6) is 5.75 Å². The molecule has 0 bridgehead atoms. The Labute approximate surface area is 174 Å². The molecule has 30 heavy (non-hydrogen) atoms. The predicted molar refractivity (Wildman–Crippen MR) is 120 cm³/mol. The van der Waals surface area contributed by atoms with Crippen LogP contribution < -0.4 is 15.6 Å². The number of hydrogen-bond acceptors (Lipinski definition) is 3. The lowest BCUT2D eigenvalue weighted by atomic mass is 10.0. The lowest BCUT2D eigenvalue weighted by Gasteiger charge is -2.09. The van der Waals surface area contributed by atoms with E-state index >= 15 is 0 Å². The second kappa shape index (κ2) is 8.41. The summed E-state index contributed by atoms with van der Waals surface area (Å²) in [6.45, 7) is 4.38. The summed E-state index contributed by atoms with van der Waals surface area (Å²) in [5.74, 6) is 0.437. The summed E-state index contributed by atoms with van der Waals surface area (Å²) in [6, 6.07) is 19.7. The fourth-order valence-corrected chi connectivity index (χ4v) is 3.50. The Morgan fingerprint density at radius 2 is 1.70 bits per heavy atom. The van der Waals surface area contributed by atoms with Gasteiger partial charge in [0.2, 0.25) is 0 Å². The number of rotatable bonds is 6. The molecule has 0 aliphatic carbocycles. The van der Waals surface area contributed by atoms with Crippen LogP contribution in [-0.4, -0.2) is 24.0 Å². The van der Waals surface area contributed by atoms with Gasteiger partial charge < -0.3 is 15.0 Å². The minimum Gasteiger partial charge on any atom is -0.484 e. The van der Waals surface area contributed by atoms with E-state index in [9.17, 15) is 9.59 Å². The molecule has 3 aromatic carbocycles. The van der Waals surface area contributed by atoms with Crippen LogP contribution in [0.25, 0.3) is 21.7 Å². The van der Waals surface area contributed by atoms with Crippen molar-refractivity contribution >= 4 is 27.6 Å². The summed E-state index contributed by atoms with van der Waals surface area (Å²) in [7, 11) is 0. The van der Waals surface area contributed by atoms with Gasteiger partial charge in [-0.1, -0.05) is 30.3 Å². The molecule has 1 aromatic heterocycles.